The number of rotatable bonds is 13. The molecule has 8 heteroatoms. The van der Waals surface area contributed by atoms with Gasteiger partial charge >= 0.3 is 15.3 Å². The average Bonchev–Trinajstić information content (AvgIpc) is 2.41. The van der Waals surface area contributed by atoms with Crippen LogP contribution in [-0.2, 0) is 22.5 Å². The lowest BCUT2D eigenvalue weighted by atomic mass is 10.3. The van der Waals surface area contributed by atoms with Crippen LogP contribution in [0.25, 0.3) is 0 Å². The third-order valence-corrected chi connectivity index (χ3v) is 11.7. The summed E-state index contributed by atoms with van der Waals surface area (Å²) in [6.07, 6.45) is 2.64. The molecule has 0 aromatic heterocycles. The molecule has 0 aromatic carbocycles. The van der Waals surface area contributed by atoms with Gasteiger partial charge in [0.05, 0.1) is 18.9 Å². The molecule has 0 bridgehead atoms. The molecule has 0 aliphatic carbocycles. The Bertz CT molecular complexity index is 399. The molecule has 25 heavy (non-hydrogen) atoms. The summed E-state index contributed by atoms with van der Waals surface area (Å²) in [5.74, 6) is -0.346. The van der Waals surface area contributed by atoms with E-state index in [-0.39, 0.29) is 11.7 Å². The molecule has 0 aromatic rings. The Morgan fingerprint density at radius 3 is 1.96 bits per heavy atom. The van der Waals surface area contributed by atoms with Crippen molar-refractivity contribution < 1.29 is 22.5 Å². The highest BCUT2D eigenvalue weighted by Crippen LogP contribution is 2.18. The van der Waals surface area contributed by atoms with E-state index < -0.39 is 25.9 Å². The molecule has 0 radical (unpaired) electrons. The quantitative estimate of drug-likeness (QED) is 0.199. The molecule has 0 N–H and O–H groups in total. The van der Waals surface area contributed by atoms with Gasteiger partial charge in [-0.2, -0.15) is 0 Å². The van der Waals surface area contributed by atoms with E-state index in [1.807, 2.05) is 0 Å². The molecular weight excluding hydrogens is 368 g/mol. The van der Waals surface area contributed by atoms with Gasteiger partial charge in [-0.1, -0.05) is 19.9 Å². The highest BCUT2D eigenvalue weighted by Gasteiger charge is 2.35. The van der Waals surface area contributed by atoms with Crippen molar-refractivity contribution in [1.82, 2.24) is 0 Å². The van der Waals surface area contributed by atoms with Crippen LogP contribution in [0.2, 0.25) is 39.3 Å². The monoisotopic (exact) mass is 406 g/mol. The summed E-state index contributed by atoms with van der Waals surface area (Å²) in [6, 6.07) is 0. The predicted octanol–water partition coefficient (Wildman–Crippen LogP) is 4.14. The smallest absolute Gasteiger partial charge is 0.333 e. The first-order chi connectivity index (χ1) is 11.4. The van der Waals surface area contributed by atoms with E-state index in [0.29, 0.717) is 25.2 Å². The molecule has 0 rings (SSSR count). The van der Waals surface area contributed by atoms with Crippen LogP contribution in [-0.4, -0.2) is 50.8 Å². The van der Waals surface area contributed by atoms with Gasteiger partial charge in [0, 0.05) is 12.0 Å². The van der Waals surface area contributed by atoms with E-state index in [2.05, 4.69) is 52.8 Å². The van der Waals surface area contributed by atoms with Gasteiger partial charge in [0.25, 0.3) is 0 Å². The summed E-state index contributed by atoms with van der Waals surface area (Å²) >= 11 is 0. The highest BCUT2D eigenvalue weighted by atomic mass is 28.4. The Balaban J connectivity index is 4.65. The van der Waals surface area contributed by atoms with Crippen LogP contribution in [0.4, 0.5) is 0 Å². The van der Waals surface area contributed by atoms with Crippen molar-refractivity contribution >= 4 is 31.9 Å². The van der Waals surface area contributed by atoms with E-state index in [0.717, 1.165) is 12.8 Å². The van der Waals surface area contributed by atoms with Crippen LogP contribution in [0.5, 0.6) is 0 Å². The summed E-state index contributed by atoms with van der Waals surface area (Å²) in [6.45, 7) is 21.4. The van der Waals surface area contributed by atoms with Gasteiger partial charge in [0.2, 0.25) is 0 Å². The highest BCUT2D eigenvalue weighted by molar-refractivity contribution is 6.81. The zero-order valence-electron chi connectivity index (χ0n) is 17.4. The number of hydrogen-bond acceptors (Lipinski definition) is 5. The second-order valence-electron chi connectivity index (χ2n) is 8.30. The molecule has 0 amide bonds. The fourth-order valence-electron chi connectivity index (χ4n) is 2.04. The minimum atomic E-state index is -1.92. The Hall–Kier alpha value is -0.259. The number of carbonyl (C=O) groups is 1. The van der Waals surface area contributed by atoms with Gasteiger partial charge in [-0.25, -0.2) is 4.79 Å². The summed E-state index contributed by atoms with van der Waals surface area (Å²) in [7, 11) is -5.31. The molecule has 0 saturated carbocycles. The van der Waals surface area contributed by atoms with Gasteiger partial charge < -0.3 is 17.7 Å². The van der Waals surface area contributed by atoms with E-state index >= 15 is 0 Å². The maximum atomic E-state index is 11.4. The molecule has 0 saturated heterocycles. The minimum Gasteiger partial charge on any atom is -0.462 e. The van der Waals surface area contributed by atoms with Crippen LogP contribution in [0.3, 0.4) is 0 Å². The molecule has 148 valence electrons. The van der Waals surface area contributed by atoms with Crippen molar-refractivity contribution in [3.63, 3.8) is 0 Å². The largest absolute Gasteiger partial charge is 0.462 e. The lowest BCUT2D eigenvalue weighted by Gasteiger charge is -2.35. The summed E-state index contributed by atoms with van der Waals surface area (Å²) in [4.78, 5) is 11.4. The third kappa shape index (κ3) is 13.6. The van der Waals surface area contributed by atoms with Crippen molar-refractivity contribution in [1.29, 1.82) is 0 Å². The summed E-state index contributed by atoms with van der Waals surface area (Å²) in [5, 5.41) is 0. The Labute approximate surface area is 158 Å². The number of carbonyl (C=O) groups excluding carboxylic acids is 1. The van der Waals surface area contributed by atoms with Crippen LogP contribution in [0, 0.1) is 0 Å². The van der Waals surface area contributed by atoms with Crippen LogP contribution >= 0.6 is 0 Å². The Morgan fingerprint density at radius 2 is 1.56 bits per heavy atom. The molecule has 0 spiro atoms. The first-order valence-electron chi connectivity index (χ1n) is 9.15. The van der Waals surface area contributed by atoms with Crippen LogP contribution in [0.1, 0.15) is 33.1 Å². The van der Waals surface area contributed by atoms with Gasteiger partial charge in [-0.3, -0.25) is 0 Å². The maximum Gasteiger partial charge on any atom is 0.333 e. The normalized spacial score (nSPS) is 13.8. The SMILES string of the molecule is C=C(C)C(=O)OCCCOC(CCC)[SiH](O[Si](C)(C)C)O[Si](C)(C)C. The molecule has 5 nitrogen and oxygen atoms in total. The van der Waals surface area contributed by atoms with Gasteiger partial charge in [-0.15, -0.1) is 0 Å². The second-order valence-corrected chi connectivity index (χ2v) is 20.1. The summed E-state index contributed by atoms with van der Waals surface area (Å²) in [5.41, 5.74) is 0.463. The minimum absolute atomic E-state index is 0.0419. The van der Waals surface area contributed by atoms with Crippen molar-refractivity contribution in [2.75, 3.05) is 13.2 Å². The zero-order chi connectivity index (χ0) is 19.7. The van der Waals surface area contributed by atoms with Crippen molar-refractivity contribution in [2.45, 2.75) is 78.1 Å². The van der Waals surface area contributed by atoms with E-state index in [4.69, 9.17) is 17.7 Å². The molecule has 0 aliphatic heterocycles. The first kappa shape index (κ1) is 24.7. The third-order valence-electron chi connectivity index (χ3n) is 3.02. The lowest BCUT2D eigenvalue weighted by molar-refractivity contribution is -0.139. The number of ether oxygens (including phenoxy) is 2. The molecule has 1 unspecified atom stereocenters. The second kappa shape index (κ2) is 11.5. The lowest BCUT2D eigenvalue weighted by Crippen LogP contribution is -2.51. The fraction of sp³-hybridized carbons (Fsp3) is 0.824. The first-order valence-corrected chi connectivity index (χ1v) is 17.6. The topological polar surface area (TPSA) is 54.0 Å². The van der Waals surface area contributed by atoms with Crippen molar-refractivity contribution in [3.8, 4) is 0 Å². The van der Waals surface area contributed by atoms with Crippen molar-refractivity contribution in [3.05, 3.63) is 12.2 Å². The van der Waals surface area contributed by atoms with Crippen LogP contribution in [0.15, 0.2) is 12.2 Å². The van der Waals surface area contributed by atoms with Crippen molar-refractivity contribution in [2.24, 2.45) is 0 Å². The Kier molecular flexibility index (Phi) is 11.3. The van der Waals surface area contributed by atoms with Crippen LogP contribution < -0.4 is 0 Å². The van der Waals surface area contributed by atoms with Gasteiger partial charge in [0.15, 0.2) is 16.6 Å². The predicted molar refractivity (Wildman–Crippen MR) is 111 cm³/mol. The zero-order valence-corrected chi connectivity index (χ0v) is 20.6. The van der Waals surface area contributed by atoms with Gasteiger partial charge in [0.1, 0.15) is 0 Å². The maximum absolute atomic E-state index is 11.4. The standard InChI is InChI=1S/C17H38O5Si3/c1-10-12-16(19-13-11-14-20-17(18)15(2)3)23(21-24(4,5)6)22-25(7,8)9/h16,23H,2,10-14H2,1,3-9H3. The average molecular weight is 407 g/mol. The molecule has 0 aliphatic rings. The van der Waals surface area contributed by atoms with E-state index in [9.17, 15) is 4.79 Å². The molecule has 1 atom stereocenters. The molecule has 0 heterocycles. The fourth-order valence-corrected chi connectivity index (χ4v) is 10.4. The Morgan fingerprint density at radius 1 is 1.04 bits per heavy atom. The van der Waals surface area contributed by atoms with E-state index in [1.54, 1.807) is 6.92 Å². The number of esters is 1. The number of hydrogen-bond donors (Lipinski definition) is 0. The summed E-state index contributed by atoms with van der Waals surface area (Å²) < 4.78 is 24.1. The molecular formula is C17H38O5Si3. The molecule has 0 fully saturated rings. The van der Waals surface area contributed by atoms with Gasteiger partial charge in [-0.05, 0) is 52.6 Å². The van der Waals surface area contributed by atoms with E-state index in [1.165, 1.54) is 0 Å².